The van der Waals surface area contributed by atoms with Gasteiger partial charge in [-0.3, -0.25) is 5.10 Å². The zero-order valence-corrected chi connectivity index (χ0v) is 14.1. The number of carbonyl (C=O) groups excluding carboxylic acids is 1. The van der Waals surface area contributed by atoms with Crippen molar-refractivity contribution in [2.45, 2.75) is 24.3 Å². The summed E-state index contributed by atoms with van der Waals surface area (Å²) in [4.78, 5) is 11.9. The molecule has 1 aliphatic rings. The van der Waals surface area contributed by atoms with Gasteiger partial charge in [-0.05, 0) is 24.8 Å². The first kappa shape index (κ1) is 16.7. The van der Waals surface area contributed by atoms with Gasteiger partial charge in [0.15, 0.2) is 5.03 Å². The Bertz CT molecular complexity index is 817. The van der Waals surface area contributed by atoms with Gasteiger partial charge in [0.1, 0.15) is 5.56 Å². The number of hydrogen-bond acceptors (Lipinski definition) is 5. The predicted molar refractivity (Wildman–Crippen MR) is 87.1 cm³/mol. The lowest BCUT2D eigenvalue weighted by atomic mass is 9.99. The Morgan fingerprint density at radius 3 is 2.83 bits per heavy atom. The van der Waals surface area contributed by atoms with Crippen molar-refractivity contribution in [2.24, 2.45) is 0 Å². The molecule has 0 spiro atoms. The summed E-state index contributed by atoms with van der Waals surface area (Å²) in [6.45, 7) is 2.62. The van der Waals surface area contributed by atoms with Crippen molar-refractivity contribution in [1.29, 1.82) is 0 Å². The highest BCUT2D eigenvalue weighted by Gasteiger charge is 2.36. The van der Waals surface area contributed by atoms with Crippen LogP contribution in [0.1, 0.15) is 35.2 Å². The summed E-state index contributed by atoms with van der Waals surface area (Å²) >= 11 is 0. The van der Waals surface area contributed by atoms with E-state index < -0.39 is 16.0 Å². The van der Waals surface area contributed by atoms with Crippen LogP contribution in [0.3, 0.4) is 0 Å². The van der Waals surface area contributed by atoms with Crippen LogP contribution < -0.4 is 0 Å². The average Bonchev–Trinajstić information content (AvgIpc) is 3.26. The minimum atomic E-state index is -3.82. The molecule has 1 saturated heterocycles. The van der Waals surface area contributed by atoms with E-state index in [1.807, 2.05) is 30.3 Å². The molecule has 0 aliphatic carbocycles. The highest BCUT2D eigenvalue weighted by molar-refractivity contribution is 7.89. The van der Waals surface area contributed by atoms with Crippen LogP contribution in [0.15, 0.2) is 41.6 Å². The van der Waals surface area contributed by atoms with E-state index >= 15 is 0 Å². The summed E-state index contributed by atoms with van der Waals surface area (Å²) < 4.78 is 32.0. The summed E-state index contributed by atoms with van der Waals surface area (Å²) in [7, 11) is -3.82. The quantitative estimate of drug-likeness (QED) is 0.831. The van der Waals surface area contributed by atoms with Gasteiger partial charge in [-0.15, -0.1) is 0 Å². The highest BCUT2D eigenvalue weighted by atomic mass is 32.2. The molecule has 128 valence electrons. The zero-order chi connectivity index (χ0) is 17.2. The first-order chi connectivity index (χ1) is 11.5. The fourth-order valence-electron chi connectivity index (χ4n) is 2.90. The maximum absolute atomic E-state index is 12.8. The number of carbonyl (C=O) groups is 1. The number of aromatic nitrogens is 2. The van der Waals surface area contributed by atoms with Gasteiger partial charge in [0.2, 0.25) is 0 Å². The Kier molecular flexibility index (Phi) is 4.68. The van der Waals surface area contributed by atoms with Crippen molar-refractivity contribution < 1.29 is 17.9 Å². The third-order valence-electron chi connectivity index (χ3n) is 4.12. The van der Waals surface area contributed by atoms with Crippen LogP contribution in [0.5, 0.6) is 0 Å². The Hall–Kier alpha value is -2.19. The van der Waals surface area contributed by atoms with E-state index in [1.54, 1.807) is 6.92 Å². The predicted octanol–water partition coefficient (Wildman–Crippen LogP) is 1.76. The molecule has 1 fully saturated rings. The molecule has 8 heteroatoms. The lowest BCUT2D eigenvalue weighted by Gasteiger charge is -2.16. The largest absolute Gasteiger partial charge is 0.462 e. The fourth-order valence-corrected chi connectivity index (χ4v) is 4.46. The minimum Gasteiger partial charge on any atom is -0.462 e. The smallest absolute Gasteiger partial charge is 0.342 e. The van der Waals surface area contributed by atoms with Crippen LogP contribution >= 0.6 is 0 Å². The normalized spacial score (nSPS) is 18.6. The summed E-state index contributed by atoms with van der Waals surface area (Å²) in [5.74, 6) is -0.543. The molecule has 3 rings (SSSR count). The SMILES string of the molecule is CCOC(=O)c1cn[nH]c1S(=O)(=O)N1CC[C@@H](c2ccccc2)C1. The minimum absolute atomic E-state index is 0.0555. The molecule has 1 aromatic heterocycles. The zero-order valence-electron chi connectivity index (χ0n) is 13.3. The molecule has 0 unspecified atom stereocenters. The molecule has 1 N–H and O–H groups in total. The second kappa shape index (κ2) is 6.74. The van der Waals surface area contributed by atoms with Crippen LogP contribution in [-0.2, 0) is 14.8 Å². The molecule has 0 saturated carbocycles. The lowest BCUT2D eigenvalue weighted by molar-refractivity contribution is 0.0521. The van der Waals surface area contributed by atoms with E-state index in [4.69, 9.17) is 4.74 Å². The van der Waals surface area contributed by atoms with Crippen molar-refractivity contribution in [1.82, 2.24) is 14.5 Å². The number of rotatable bonds is 5. The Morgan fingerprint density at radius 1 is 1.38 bits per heavy atom. The Labute approximate surface area is 140 Å². The van der Waals surface area contributed by atoms with Gasteiger partial charge in [-0.1, -0.05) is 30.3 Å². The standard InChI is InChI=1S/C16H19N3O4S/c1-2-23-16(20)14-10-17-18-15(14)24(21,22)19-9-8-13(11-19)12-6-4-3-5-7-12/h3-7,10,13H,2,8-9,11H2,1H3,(H,17,18)/t13-/m1/s1. The number of aromatic amines is 1. The van der Waals surface area contributed by atoms with Gasteiger partial charge < -0.3 is 4.74 Å². The number of sulfonamides is 1. The molecule has 2 aromatic rings. The van der Waals surface area contributed by atoms with Gasteiger partial charge in [-0.25, -0.2) is 13.2 Å². The molecule has 7 nitrogen and oxygen atoms in total. The van der Waals surface area contributed by atoms with Crippen molar-refractivity contribution in [3.05, 3.63) is 47.7 Å². The van der Waals surface area contributed by atoms with Crippen molar-refractivity contribution >= 4 is 16.0 Å². The molecular formula is C16H19N3O4S. The van der Waals surface area contributed by atoms with Crippen LogP contribution in [0.2, 0.25) is 0 Å². The molecule has 0 radical (unpaired) electrons. The van der Waals surface area contributed by atoms with E-state index in [1.165, 1.54) is 10.5 Å². The van der Waals surface area contributed by atoms with E-state index in [2.05, 4.69) is 10.2 Å². The number of ether oxygens (including phenoxy) is 1. The molecule has 24 heavy (non-hydrogen) atoms. The maximum Gasteiger partial charge on any atom is 0.342 e. The number of H-pyrrole nitrogens is 1. The molecule has 1 atom stereocenters. The van der Waals surface area contributed by atoms with Crippen LogP contribution in [0.25, 0.3) is 0 Å². The third kappa shape index (κ3) is 3.07. The van der Waals surface area contributed by atoms with Crippen LogP contribution in [0, 0.1) is 0 Å². The van der Waals surface area contributed by atoms with Gasteiger partial charge in [0.25, 0.3) is 10.0 Å². The van der Waals surface area contributed by atoms with E-state index in [9.17, 15) is 13.2 Å². The number of esters is 1. The van der Waals surface area contributed by atoms with Gasteiger partial charge >= 0.3 is 5.97 Å². The second-order valence-corrected chi connectivity index (χ2v) is 7.47. The van der Waals surface area contributed by atoms with E-state index in [-0.39, 0.29) is 23.1 Å². The second-order valence-electron chi connectivity index (χ2n) is 5.59. The molecular weight excluding hydrogens is 330 g/mol. The number of hydrogen-bond donors (Lipinski definition) is 1. The third-order valence-corrected chi connectivity index (χ3v) is 5.96. The summed E-state index contributed by atoms with van der Waals surface area (Å²) in [5.41, 5.74) is 1.06. The van der Waals surface area contributed by atoms with Crippen LogP contribution in [-0.4, -0.2) is 48.6 Å². The summed E-state index contributed by atoms with van der Waals surface area (Å²) in [6, 6.07) is 9.83. The molecule has 1 aliphatic heterocycles. The van der Waals surface area contributed by atoms with Gasteiger partial charge in [0.05, 0.1) is 12.8 Å². The Morgan fingerprint density at radius 2 is 2.12 bits per heavy atom. The molecule has 1 aromatic carbocycles. The van der Waals surface area contributed by atoms with Crippen molar-refractivity contribution in [2.75, 3.05) is 19.7 Å². The van der Waals surface area contributed by atoms with Crippen molar-refractivity contribution in [3.8, 4) is 0 Å². The first-order valence-corrected chi connectivity index (χ1v) is 9.23. The number of nitrogens with one attached hydrogen (secondary N) is 1. The molecule has 2 heterocycles. The molecule has 0 amide bonds. The summed E-state index contributed by atoms with van der Waals surface area (Å²) in [6.07, 6.45) is 1.93. The van der Waals surface area contributed by atoms with Gasteiger partial charge in [-0.2, -0.15) is 9.40 Å². The topological polar surface area (TPSA) is 92.4 Å². The van der Waals surface area contributed by atoms with E-state index in [0.29, 0.717) is 13.1 Å². The number of benzene rings is 1. The average molecular weight is 349 g/mol. The van der Waals surface area contributed by atoms with E-state index in [0.717, 1.165) is 12.0 Å². The van der Waals surface area contributed by atoms with Gasteiger partial charge in [0, 0.05) is 13.1 Å². The monoisotopic (exact) mass is 349 g/mol. The van der Waals surface area contributed by atoms with Crippen LogP contribution in [0.4, 0.5) is 0 Å². The maximum atomic E-state index is 12.8. The number of nitrogens with zero attached hydrogens (tertiary/aromatic N) is 2. The fraction of sp³-hybridized carbons (Fsp3) is 0.375. The summed E-state index contributed by atoms with van der Waals surface area (Å²) in [5, 5.41) is 5.95. The Balaban J connectivity index is 1.83. The molecule has 0 bridgehead atoms. The lowest BCUT2D eigenvalue weighted by Crippen LogP contribution is -2.30. The van der Waals surface area contributed by atoms with Crippen molar-refractivity contribution in [3.63, 3.8) is 0 Å². The highest BCUT2D eigenvalue weighted by Crippen LogP contribution is 2.31. The first-order valence-electron chi connectivity index (χ1n) is 7.79.